The number of benzene rings is 2. The molecule has 11 heteroatoms. The molecule has 0 bridgehead atoms. The zero-order chi connectivity index (χ0) is 29.5. The van der Waals surface area contributed by atoms with E-state index in [9.17, 15) is 8.78 Å². The Kier molecular flexibility index (Phi) is 9.66. The molecule has 0 unspecified atom stereocenters. The number of hydrogen-bond donors (Lipinski definition) is 1. The summed E-state index contributed by atoms with van der Waals surface area (Å²) in [6.45, 7) is 6.45. The standard InChI is InChI=1S/C31H34ClF2N7O/c1-3-5-28-23(6-4-11-39-12-14-40(15-13-39)26-17-24(33)16-25(34)18-26)21-36-41(28)31-37-29(32)19-30(38-31)35-20-22-7-9-27(42-2)10-8-22/h4,6-10,16-19,21H,3,5,11-15,20H2,1-2H3,(H,35,37,38). The Labute approximate surface area is 249 Å². The Bertz CT molecular complexity index is 1500. The van der Waals surface area contributed by atoms with Crippen LogP contribution in [0.3, 0.4) is 0 Å². The molecule has 1 fully saturated rings. The van der Waals surface area contributed by atoms with Crippen LogP contribution in [0.5, 0.6) is 5.75 Å². The summed E-state index contributed by atoms with van der Waals surface area (Å²) in [4.78, 5) is 13.5. The Balaban J connectivity index is 1.23. The smallest absolute Gasteiger partial charge is 0.254 e. The maximum atomic E-state index is 13.6. The van der Waals surface area contributed by atoms with Gasteiger partial charge in [0.2, 0.25) is 0 Å². The lowest BCUT2D eigenvalue weighted by Crippen LogP contribution is -2.46. The minimum absolute atomic E-state index is 0.326. The van der Waals surface area contributed by atoms with Crippen molar-refractivity contribution < 1.29 is 13.5 Å². The van der Waals surface area contributed by atoms with Crippen molar-refractivity contribution in [3.8, 4) is 11.7 Å². The first-order valence-electron chi connectivity index (χ1n) is 14.0. The molecule has 0 radical (unpaired) electrons. The number of aromatic nitrogens is 4. The molecule has 0 aliphatic carbocycles. The number of nitrogens with one attached hydrogen (secondary N) is 1. The molecule has 8 nitrogen and oxygen atoms in total. The highest BCUT2D eigenvalue weighted by atomic mass is 35.5. The van der Waals surface area contributed by atoms with E-state index in [1.54, 1.807) is 17.9 Å². The zero-order valence-electron chi connectivity index (χ0n) is 23.7. The van der Waals surface area contributed by atoms with Gasteiger partial charge in [-0.25, -0.2) is 13.5 Å². The van der Waals surface area contributed by atoms with Gasteiger partial charge in [-0.05, 0) is 36.2 Å². The molecule has 5 rings (SSSR count). The predicted octanol–water partition coefficient (Wildman–Crippen LogP) is 6.00. The monoisotopic (exact) mass is 593 g/mol. The second-order valence-electron chi connectivity index (χ2n) is 10.1. The third kappa shape index (κ3) is 7.43. The van der Waals surface area contributed by atoms with E-state index in [1.807, 2.05) is 35.4 Å². The van der Waals surface area contributed by atoms with Gasteiger partial charge in [0.25, 0.3) is 5.95 Å². The molecule has 1 saturated heterocycles. The lowest BCUT2D eigenvalue weighted by molar-refractivity contribution is 0.284. The maximum Gasteiger partial charge on any atom is 0.254 e. The van der Waals surface area contributed by atoms with Crippen LogP contribution < -0.4 is 15.0 Å². The van der Waals surface area contributed by atoms with E-state index in [-0.39, 0.29) is 0 Å². The minimum Gasteiger partial charge on any atom is -0.497 e. The van der Waals surface area contributed by atoms with Gasteiger partial charge in [-0.2, -0.15) is 15.1 Å². The molecule has 0 saturated carbocycles. The number of piperazine rings is 1. The third-order valence-corrected chi connectivity index (χ3v) is 7.33. The lowest BCUT2D eigenvalue weighted by atomic mass is 10.1. The number of ether oxygens (including phenoxy) is 1. The Morgan fingerprint density at radius 1 is 1.00 bits per heavy atom. The van der Waals surface area contributed by atoms with E-state index < -0.39 is 11.6 Å². The first-order chi connectivity index (χ1) is 20.4. The third-order valence-electron chi connectivity index (χ3n) is 7.14. The SMILES string of the molecule is CCCc1c(C=CCN2CCN(c3cc(F)cc(F)c3)CC2)cnn1-c1nc(Cl)cc(NCc2ccc(OC)cc2)n1. The van der Waals surface area contributed by atoms with Crippen molar-refractivity contribution in [2.45, 2.75) is 26.3 Å². The van der Waals surface area contributed by atoms with Gasteiger partial charge in [0.1, 0.15) is 28.4 Å². The van der Waals surface area contributed by atoms with Crippen molar-refractivity contribution >= 4 is 29.2 Å². The molecule has 1 aliphatic rings. The Morgan fingerprint density at radius 3 is 2.43 bits per heavy atom. The molecular formula is C31H34ClF2N7O. The fourth-order valence-electron chi connectivity index (χ4n) is 4.95. The van der Waals surface area contributed by atoms with Crippen LogP contribution in [0.4, 0.5) is 20.3 Å². The Hall–Kier alpha value is -4.02. The molecule has 3 heterocycles. The Morgan fingerprint density at radius 2 is 1.74 bits per heavy atom. The number of rotatable bonds is 11. The summed E-state index contributed by atoms with van der Waals surface area (Å²) in [6.07, 6.45) is 7.76. The molecule has 2 aromatic carbocycles. The van der Waals surface area contributed by atoms with Crippen molar-refractivity contribution in [3.05, 3.63) is 94.4 Å². The number of nitrogens with zero attached hydrogens (tertiary/aromatic N) is 6. The van der Waals surface area contributed by atoms with Crippen LogP contribution in [0.15, 0.2) is 60.8 Å². The van der Waals surface area contributed by atoms with Crippen LogP contribution in [0.2, 0.25) is 5.15 Å². The molecule has 42 heavy (non-hydrogen) atoms. The van der Waals surface area contributed by atoms with Gasteiger partial charge in [-0.15, -0.1) is 0 Å². The van der Waals surface area contributed by atoms with E-state index in [1.165, 1.54) is 12.1 Å². The summed E-state index contributed by atoms with van der Waals surface area (Å²) in [5.41, 5.74) is 3.67. The van der Waals surface area contributed by atoms with Crippen molar-refractivity contribution in [2.75, 3.05) is 50.1 Å². The molecule has 220 valence electrons. The van der Waals surface area contributed by atoms with E-state index in [4.69, 9.17) is 21.3 Å². The lowest BCUT2D eigenvalue weighted by Gasteiger charge is -2.35. The average molecular weight is 594 g/mol. The summed E-state index contributed by atoms with van der Waals surface area (Å²) in [7, 11) is 1.64. The van der Waals surface area contributed by atoms with Crippen LogP contribution in [-0.4, -0.2) is 64.5 Å². The summed E-state index contributed by atoms with van der Waals surface area (Å²) in [6, 6.07) is 13.2. The molecule has 2 aromatic heterocycles. The molecule has 1 aliphatic heterocycles. The number of anilines is 2. The molecule has 1 N–H and O–H groups in total. The van der Waals surface area contributed by atoms with Gasteiger partial charge in [0.05, 0.1) is 19.0 Å². The summed E-state index contributed by atoms with van der Waals surface area (Å²) in [5, 5.41) is 8.25. The second kappa shape index (κ2) is 13.8. The second-order valence-corrected chi connectivity index (χ2v) is 10.5. The summed E-state index contributed by atoms with van der Waals surface area (Å²) < 4.78 is 34.2. The normalized spacial score (nSPS) is 14.1. The zero-order valence-corrected chi connectivity index (χ0v) is 24.5. The highest BCUT2D eigenvalue weighted by Gasteiger charge is 2.18. The van der Waals surface area contributed by atoms with E-state index in [0.717, 1.165) is 61.1 Å². The number of methoxy groups -OCH3 is 1. The van der Waals surface area contributed by atoms with Crippen molar-refractivity contribution in [1.82, 2.24) is 24.6 Å². The molecule has 0 amide bonds. The van der Waals surface area contributed by atoms with Crippen LogP contribution in [0.25, 0.3) is 12.0 Å². The minimum atomic E-state index is -0.553. The predicted molar refractivity (Wildman–Crippen MR) is 163 cm³/mol. The van der Waals surface area contributed by atoms with Crippen LogP contribution in [-0.2, 0) is 13.0 Å². The molecule has 0 spiro atoms. The summed E-state index contributed by atoms with van der Waals surface area (Å²) >= 11 is 6.38. The number of hydrogen-bond acceptors (Lipinski definition) is 7. The van der Waals surface area contributed by atoms with Crippen LogP contribution in [0, 0.1) is 11.6 Å². The van der Waals surface area contributed by atoms with Gasteiger partial charge in [0.15, 0.2) is 0 Å². The van der Waals surface area contributed by atoms with Crippen molar-refractivity contribution in [3.63, 3.8) is 0 Å². The topological polar surface area (TPSA) is 71.3 Å². The average Bonchev–Trinajstić information content (AvgIpc) is 3.38. The van der Waals surface area contributed by atoms with Crippen molar-refractivity contribution in [1.29, 1.82) is 0 Å². The molecule has 0 atom stereocenters. The highest BCUT2D eigenvalue weighted by Crippen LogP contribution is 2.22. The highest BCUT2D eigenvalue weighted by molar-refractivity contribution is 6.29. The quantitative estimate of drug-likeness (QED) is 0.214. The van der Waals surface area contributed by atoms with Gasteiger partial charge >= 0.3 is 0 Å². The van der Waals surface area contributed by atoms with Gasteiger partial charge in [0, 0.05) is 62.7 Å². The first-order valence-corrected chi connectivity index (χ1v) is 14.4. The van der Waals surface area contributed by atoms with Crippen LogP contribution >= 0.6 is 11.6 Å². The van der Waals surface area contributed by atoms with Gasteiger partial charge in [-0.3, -0.25) is 4.90 Å². The molecule has 4 aromatic rings. The van der Waals surface area contributed by atoms with E-state index >= 15 is 0 Å². The van der Waals surface area contributed by atoms with Gasteiger partial charge in [-0.1, -0.05) is 49.2 Å². The van der Waals surface area contributed by atoms with E-state index in [0.29, 0.717) is 42.2 Å². The first kappa shape index (κ1) is 29.5. The number of halogens is 3. The van der Waals surface area contributed by atoms with Crippen LogP contribution in [0.1, 0.15) is 30.2 Å². The van der Waals surface area contributed by atoms with E-state index in [2.05, 4.69) is 39.4 Å². The van der Waals surface area contributed by atoms with Crippen molar-refractivity contribution in [2.24, 2.45) is 0 Å². The largest absolute Gasteiger partial charge is 0.497 e. The fraction of sp³-hybridized carbons (Fsp3) is 0.323. The maximum absolute atomic E-state index is 13.6. The fourth-order valence-corrected chi connectivity index (χ4v) is 5.13. The summed E-state index contributed by atoms with van der Waals surface area (Å²) in [5.74, 6) is 0.717. The van der Waals surface area contributed by atoms with Gasteiger partial charge < -0.3 is 15.0 Å². The molecular weight excluding hydrogens is 560 g/mol.